The molecule has 352 valence electrons. The van der Waals surface area contributed by atoms with E-state index < -0.39 is 41.2 Å². The molecule has 0 radical (unpaired) electrons. The Morgan fingerprint density at radius 2 is 1.58 bits per heavy atom. The van der Waals surface area contributed by atoms with E-state index in [9.17, 15) is 30.0 Å². The summed E-state index contributed by atoms with van der Waals surface area (Å²) in [5.74, 6) is 0.407. The number of nitrogens with zero attached hydrogens (tertiary/aromatic N) is 4. The number of fused-ring (bicyclic) bond motifs is 1. The van der Waals surface area contributed by atoms with Crippen LogP contribution in [-0.4, -0.2) is 112 Å². The number of sulfone groups is 1. The van der Waals surface area contributed by atoms with Gasteiger partial charge in [-0.15, -0.1) is 11.8 Å². The molecule has 0 bridgehead atoms. The van der Waals surface area contributed by atoms with E-state index in [1.807, 2.05) is 54.6 Å². The number of morpholine rings is 1. The summed E-state index contributed by atoms with van der Waals surface area (Å²) in [6, 6.07) is 28.8. The molecular weight excluding hydrogens is 929 g/mol. The van der Waals surface area contributed by atoms with Gasteiger partial charge in [0, 0.05) is 85.8 Å². The number of aromatic nitrogens is 1. The maximum Gasteiger partial charge on any atom is 0.501 e. The number of benzene rings is 4. The molecule has 0 amide bonds. The standard InChI is InChI=1S/C48H54ClF3N6O5S3/c1-34(42-9-5-6-10-43(42)35-11-13-37(49)14-12-35)57-22-18-39(19-23-57)58-24-20-44-36(32-58)30-53-31-46(44)55-66(61,62)41-15-16-45(47(29-41)65(59,60)48(50,51)52)54-38(17-21-56-25-27-63-28-26-56)33-64-40-7-3-2-4-8-40/h2-16,29-31,34,38-39,54-55H,17-28,32-33H2,1H3/t34?,38-/m1/s1. The van der Waals surface area contributed by atoms with Gasteiger partial charge >= 0.3 is 5.51 Å². The Hall–Kier alpha value is -4.20. The second-order valence-electron chi connectivity index (χ2n) is 17.0. The Morgan fingerprint density at radius 3 is 2.30 bits per heavy atom. The number of pyridine rings is 1. The van der Waals surface area contributed by atoms with Crippen LogP contribution < -0.4 is 10.0 Å². The summed E-state index contributed by atoms with van der Waals surface area (Å²) in [5.41, 5.74) is -0.641. The van der Waals surface area contributed by atoms with E-state index in [-0.39, 0.29) is 17.4 Å². The molecule has 1 aromatic heterocycles. The minimum atomic E-state index is -5.99. The van der Waals surface area contributed by atoms with Crippen LogP contribution in [0.25, 0.3) is 11.1 Å². The van der Waals surface area contributed by atoms with Crippen LogP contribution in [0.4, 0.5) is 24.5 Å². The summed E-state index contributed by atoms with van der Waals surface area (Å²) in [4.78, 5) is 10.6. The van der Waals surface area contributed by atoms with Crippen LogP contribution in [0.15, 0.2) is 124 Å². The number of rotatable bonds is 16. The number of alkyl halides is 3. The van der Waals surface area contributed by atoms with Crippen molar-refractivity contribution < 1.29 is 34.7 Å². The van der Waals surface area contributed by atoms with Gasteiger partial charge < -0.3 is 10.1 Å². The Balaban J connectivity index is 0.958. The molecule has 8 rings (SSSR count). The number of thioether (sulfide) groups is 1. The number of hydrogen-bond donors (Lipinski definition) is 2. The lowest BCUT2D eigenvalue weighted by Crippen LogP contribution is -2.47. The molecule has 18 heteroatoms. The van der Waals surface area contributed by atoms with Crippen LogP contribution in [0.1, 0.15) is 48.9 Å². The molecular formula is C48H54ClF3N6O5S3. The molecule has 2 saturated heterocycles. The molecule has 1 unspecified atom stereocenters. The third kappa shape index (κ3) is 11.4. The molecule has 2 atom stereocenters. The maximum absolute atomic E-state index is 14.3. The first-order valence-electron chi connectivity index (χ1n) is 22.2. The summed E-state index contributed by atoms with van der Waals surface area (Å²) < 4.78 is 105. The fourth-order valence-electron chi connectivity index (χ4n) is 9.14. The van der Waals surface area contributed by atoms with Crippen molar-refractivity contribution in [2.45, 2.75) is 77.5 Å². The molecule has 3 aliphatic heterocycles. The smallest absolute Gasteiger partial charge is 0.380 e. The van der Waals surface area contributed by atoms with Gasteiger partial charge in [-0.25, -0.2) is 16.8 Å². The summed E-state index contributed by atoms with van der Waals surface area (Å²) >= 11 is 7.66. The first-order valence-corrected chi connectivity index (χ1v) is 26.5. The fourth-order valence-corrected chi connectivity index (χ4v) is 12.4. The maximum atomic E-state index is 14.3. The van der Waals surface area contributed by atoms with E-state index in [1.165, 1.54) is 29.1 Å². The first kappa shape index (κ1) is 48.3. The topological polar surface area (TPSA) is 124 Å². The van der Waals surface area contributed by atoms with Crippen LogP contribution in [0.5, 0.6) is 0 Å². The molecule has 4 aromatic carbocycles. The largest absolute Gasteiger partial charge is 0.501 e. The van der Waals surface area contributed by atoms with E-state index in [1.54, 1.807) is 6.20 Å². The van der Waals surface area contributed by atoms with Crippen LogP contribution in [-0.2, 0) is 37.6 Å². The van der Waals surface area contributed by atoms with E-state index >= 15 is 0 Å². The Morgan fingerprint density at radius 1 is 0.864 bits per heavy atom. The second kappa shape index (κ2) is 21.0. The van der Waals surface area contributed by atoms with Crippen molar-refractivity contribution in [2.75, 3.05) is 68.3 Å². The Bertz CT molecular complexity index is 2670. The van der Waals surface area contributed by atoms with Gasteiger partial charge in [0.15, 0.2) is 0 Å². The molecule has 66 heavy (non-hydrogen) atoms. The molecule has 3 aliphatic rings. The lowest BCUT2D eigenvalue weighted by atomic mass is 9.92. The summed E-state index contributed by atoms with van der Waals surface area (Å²) in [7, 11) is -10.6. The number of likely N-dealkylation sites (tertiary alicyclic amines) is 1. The minimum absolute atomic E-state index is 0.198. The van der Waals surface area contributed by atoms with Crippen molar-refractivity contribution in [1.82, 2.24) is 19.7 Å². The second-order valence-corrected chi connectivity index (χ2v) is 22.1. The van der Waals surface area contributed by atoms with E-state index in [4.69, 9.17) is 16.3 Å². The lowest BCUT2D eigenvalue weighted by molar-refractivity contribution is -0.0435. The molecule has 0 saturated carbocycles. The zero-order chi connectivity index (χ0) is 46.5. The van der Waals surface area contributed by atoms with Crippen LogP contribution in [0.3, 0.4) is 0 Å². The number of sulfonamides is 1. The highest BCUT2D eigenvalue weighted by molar-refractivity contribution is 7.99. The summed E-state index contributed by atoms with van der Waals surface area (Å²) in [5, 5.41) is 3.77. The van der Waals surface area contributed by atoms with E-state index in [0.29, 0.717) is 81.7 Å². The van der Waals surface area contributed by atoms with Crippen molar-refractivity contribution in [1.29, 1.82) is 0 Å². The SMILES string of the molecule is CC(c1ccccc1-c1ccc(Cl)cc1)N1CCC(N2CCc3c(cncc3NS(=O)(=O)c3ccc(N[C@H](CCN4CCOCC4)CSc4ccccc4)c(S(=O)(=O)C(F)(F)F)c3)C2)CC1. The Labute approximate surface area is 395 Å². The molecule has 2 fully saturated rings. The van der Waals surface area contributed by atoms with E-state index in [2.05, 4.69) is 60.9 Å². The molecule has 4 heterocycles. The van der Waals surface area contributed by atoms with Gasteiger partial charge in [0.2, 0.25) is 0 Å². The minimum Gasteiger partial charge on any atom is -0.380 e. The molecule has 11 nitrogen and oxygen atoms in total. The zero-order valence-corrected chi connectivity index (χ0v) is 39.8. The molecule has 0 spiro atoms. The summed E-state index contributed by atoms with van der Waals surface area (Å²) in [6.07, 6.45) is 6.03. The average Bonchev–Trinajstić information content (AvgIpc) is 3.32. The predicted molar refractivity (Wildman–Crippen MR) is 255 cm³/mol. The lowest BCUT2D eigenvalue weighted by Gasteiger charge is -2.42. The number of anilines is 2. The van der Waals surface area contributed by atoms with Gasteiger partial charge in [-0.05, 0) is 103 Å². The van der Waals surface area contributed by atoms with Crippen LogP contribution in [0.2, 0.25) is 5.02 Å². The third-order valence-electron chi connectivity index (χ3n) is 12.9. The normalized spacial score (nSPS) is 18.1. The quantitative estimate of drug-likeness (QED) is 0.0920. The van der Waals surface area contributed by atoms with Gasteiger partial charge in [-0.2, -0.15) is 13.2 Å². The highest BCUT2D eigenvalue weighted by Crippen LogP contribution is 2.39. The van der Waals surface area contributed by atoms with E-state index in [0.717, 1.165) is 59.6 Å². The van der Waals surface area contributed by atoms with Gasteiger partial charge in [0.05, 0.1) is 35.7 Å². The third-order valence-corrected chi connectivity index (χ3v) is 17.2. The predicted octanol–water partition coefficient (Wildman–Crippen LogP) is 9.38. The van der Waals surface area contributed by atoms with Crippen molar-refractivity contribution in [3.05, 3.63) is 131 Å². The monoisotopic (exact) mass is 982 g/mol. The highest BCUT2D eigenvalue weighted by atomic mass is 35.5. The van der Waals surface area contributed by atoms with Crippen molar-refractivity contribution in [3.8, 4) is 11.1 Å². The number of ether oxygens (including phenoxy) is 1. The van der Waals surface area contributed by atoms with Gasteiger partial charge in [0.25, 0.3) is 19.9 Å². The fraction of sp³-hybridized carbons (Fsp3) is 0.396. The van der Waals surface area contributed by atoms with Crippen molar-refractivity contribution in [2.24, 2.45) is 0 Å². The van der Waals surface area contributed by atoms with Crippen molar-refractivity contribution >= 4 is 54.6 Å². The molecule has 5 aromatic rings. The van der Waals surface area contributed by atoms with Gasteiger partial charge in [-0.3, -0.25) is 24.4 Å². The molecule has 2 N–H and O–H groups in total. The van der Waals surface area contributed by atoms with Gasteiger partial charge in [-0.1, -0.05) is 66.2 Å². The number of piperidine rings is 1. The van der Waals surface area contributed by atoms with Crippen LogP contribution >= 0.6 is 23.4 Å². The van der Waals surface area contributed by atoms with Crippen LogP contribution in [0, 0.1) is 0 Å². The number of halogens is 4. The average molecular weight is 984 g/mol. The summed E-state index contributed by atoms with van der Waals surface area (Å²) in [6.45, 7) is 8.43. The first-order chi connectivity index (χ1) is 31.7. The molecule has 0 aliphatic carbocycles. The highest BCUT2D eigenvalue weighted by Gasteiger charge is 2.48. The van der Waals surface area contributed by atoms with Crippen molar-refractivity contribution in [3.63, 3.8) is 0 Å². The Kier molecular flexibility index (Phi) is 15.3. The zero-order valence-electron chi connectivity index (χ0n) is 36.6. The number of nitrogens with one attached hydrogen (secondary N) is 2. The van der Waals surface area contributed by atoms with Gasteiger partial charge in [0.1, 0.15) is 4.90 Å². The number of hydrogen-bond acceptors (Lipinski definition) is 11.